The van der Waals surface area contributed by atoms with Crippen molar-refractivity contribution in [2.45, 2.75) is 39.9 Å². The number of carbonyl (C=O) groups is 1. The lowest BCUT2D eigenvalue weighted by Crippen LogP contribution is -2.48. The van der Waals surface area contributed by atoms with Crippen molar-refractivity contribution in [1.82, 2.24) is 10.2 Å². The zero-order valence-electron chi connectivity index (χ0n) is 12.9. The van der Waals surface area contributed by atoms with Crippen LogP contribution in [0.15, 0.2) is 46.6 Å². The van der Waals surface area contributed by atoms with Gasteiger partial charge >= 0.3 is 0 Å². The first kappa shape index (κ1) is 13.9. The number of hydrogen-bond acceptors (Lipinski definition) is 3. The molecule has 21 heavy (non-hydrogen) atoms. The molecule has 3 unspecified atom stereocenters. The lowest BCUT2D eigenvalue weighted by molar-refractivity contribution is -0.124. The van der Waals surface area contributed by atoms with E-state index in [9.17, 15) is 4.79 Å². The van der Waals surface area contributed by atoms with Gasteiger partial charge in [-0.15, -0.1) is 0 Å². The summed E-state index contributed by atoms with van der Waals surface area (Å²) >= 11 is 0. The Labute approximate surface area is 125 Å². The van der Waals surface area contributed by atoms with E-state index in [1.165, 1.54) is 5.56 Å². The van der Waals surface area contributed by atoms with Crippen molar-refractivity contribution in [1.29, 1.82) is 0 Å². The number of hydrogen-bond donors (Lipinski definition) is 1. The minimum absolute atomic E-state index is 0.0621. The molecule has 1 N–H and O–H groups in total. The van der Waals surface area contributed by atoms with E-state index in [0.717, 1.165) is 11.3 Å². The summed E-state index contributed by atoms with van der Waals surface area (Å²) < 4.78 is 0. The Morgan fingerprint density at radius 2 is 1.86 bits per heavy atom. The van der Waals surface area contributed by atoms with Crippen LogP contribution in [0.25, 0.3) is 0 Å². The number of aliphatic imine (C=N–C) groups is 1. The fraction of sp³-hybridized carbons (Fsp3) is 0.412. The predicted molar refractivity (Wildman–Crippen MR) is 83.6 cm³/mol. The fourth-order valence-corrected chi connectivity index (χ4v) is 3.38. The zero-order chi connectivity index (χ0) is 15.1. The average Bonchev–Trinajstić information content (AvgIpc) is 2.71. The van der Waals surface area contributed by atoms with Gasteiger partial charge in [-0.1, -0.05) is 30.3 Å². The molecule has 2 aliphatic rings. The summed E-state index contributed by atoms with van der Waals surface area (Å²) in [6, 6.07) is 10.6. The summed E-state index contributed by atoms with van der Waals surface area (Å²) in [4.78, 5) is 19.3. The first-order valence-corrected chi connectivity index (χ1v) is 7.36. The molecular formula is C17H21N3O. The Balaban J connectivity index is 2.02. The monoisotopic (exact) mass is 283 g/mol. The maximum absolute atomic E-state index is 12.3. The molecule has 0 fully saturated rings. The summed E-state index contributed by atoms with van der Waals surface area (Å²) in [6.07, 6.45) is -0.117. The minimum atomic E-state index is -0.167. The quantitative estimate of drug-likeness (QED) is 0.907. The van der Waals surface area contributed by atoms with Crippen molar-refractivity contribution in [2.75, 3.05) is 0 Å². The van der Waals surface area contributed by atoms with Gasteiger partial charge in [-0.2, -0.15) is 0 Å². The molecule has 4 nitrogen and oxygen atoms in total. The van der Waals surface area contributed by atoms with E-state index < -0.39 is 0 Å². The van der Waals surface area contributed by atoms with E-state index >= 15 is 0 Å². The molecule has 0 spiro atoms. The molecule has 0 bridgehead atoms. The lowest BCUT2D eigenvalue weighted by atomic mass is 9.97. The van der Waals surface area contributed by atoms with Crippen molar-refractivity contribution >= 4 is 11.7 Å². The van der Waals surface area contributed by atoms with Gasteiger partial charge in [-0.05, 0) is 38.8 Å². The normalized spacial score (nSPS) is 26.4. The van der Waals surface area contributed by atoms with E-state index in [0.29, 0.717) is 5.84 Å². The molecule has 4 heteroatoms. The third-order valence-corrected chi connectivity index (χ3v) is 4.62. The fourth-order valence-electron chi connectivity index (χ4n) is 3.38. The summed E-state index contributed by atoms with van der Waals surface area (Å²) in [6.45, 7) is 8.15. The number of rotatable bonds is 2. The molecule has 110 valence electrons. The lowest BCUT2D eigenvalue weighted by Gasteiger charge is -2.36. The molecule has 0 aliphatic carbocycles. The number of amides is 1. The van der Waals surface area contributed by atoms with Crippen LogP contribution in [-0.2, 0) is 4.79 Å². The third-order valence-electron chi connectivity index (χ3n) is 4.62. The first-order chi connectivity index (χ1) is 10.0. The van der Waals surface area contributed by atoms with Crippen LogP contribution in [0.3, 0.4) is 0 Å². The second-order valence-corrected chi connectivity index (χ2v) is 5.86. The van der Waals surface area contributed by atoms with Gasteiger partial charge in [0.2, 0.25) is 5.91 Å². The maximum atomic E-state index is 12.3. The topological polar surface area (TPSA) is 44.7 Å². The van der Waals surface area contributed by atoms with E-state index in [-0.39, 0.29) is 24.0 Å². The number of nitrogens with zero attached hydrogens (tertiary/aromatic N) is 2. The van der Waals surface area contributed by atoms with Gasteiger partial charge in [-0.25, -0.2) is 4.99 Å². The van der Waals surface area contributed by atoms with Crippen molar-refractivity contribution < 1.29 is 4.79 Å². The molecule has 0 saturated carbocycles. The smallest absolute Gasteiger partial charge is 0.236 e. The van der Waals surface area contributed by atoms with Crippen LogP contribution < -0.4 is 5.32 Å². The molecule has 2 heterocycles. The van der Waals surface area contributed by atoms with Gasteiger partial charge < -0.3 is 10.2 Å². The highest BCUT2D eigenvalue weighted by molar-refractivity contribution is 6.01. The van der Waals surface area contributed by atoms with E-state index in [4.69, 9.17) is 4.99 Å². The Morgan fingerprint density at radius 1 is 1.19 bits per heavy atom. The van der Waals surface area contributed by atoms with Crippen molar-refractivity contribution in [3.63, 3.8) is 0 Å². The largest absolute Gasteiger partial charge is 0.346 e. The summed E-state index contributed by atoms with van der Waals surface area (Å²) in [5.41, 5.74) is 3.52. The summed E-state index contributed by atoms with van der Waals surface area (Å²) in [7, 11) is 0. The maximum Gasteiger partial charge on any atom is 0.236 e. The molecule has 0 radical (unpaired) electrons. The van der Waals surface area contributed by atoms with Crippen molar-refractivity contribution in [3.05, 3.63) is 47.2 Å². The second kappa shape index (κ2) is 5.02. The standard InChI is InChI=1S/C17H21N3O/c1-10-11(2)20(12(3)14-8-6-5-7-9-14)16-15(10)17(21)19-13(4)18-16/h5-9,12,15-16H,1-4H3,(H,18,19,21). The highest BCUT2D eigenvalue weighted by Crippen LogP contribution is 2.41. The van der Waals surface area contributed by atoms with Gasteiger partial charge in [0, 0.05) is 5.70 Å². The summed E-state index contributed by atoms with van der Waals surface area (Å²) in [5, 5.41) is 2.85. The van der Waals surface area contributed by atoms with Crippen LogP contribution in [0, 0.1) is 5.92 Å². The van der Waals surface area contributed by atoms with E-state index in [2.05, 4.69) is 36.2 Å². The number of amidine groups is 1. The van der Waals surface area contributed by atoms with Crippen LogP contribution in [0.4, 0.5) is 0 Å². The molecule has 1 aromatic rings. The van der Waals surface area contributed by atoms with Crippen molar-refractivity contribution in [3.8, 4) is 0 Å². The number of benzene rings is 1. The number of nitrogens with one attached hydrogen (secondary N) is 1. The Bertz CT molecular complexity index is 633. The Kier molecular flexibility index (Phi) is 3.32. The van der Waals surface area contributed by atoms with Crippen LogP contribution >= 0.6 is 0 Å². The molecule has 3 atom stereocenters. The van der Waals surface area contributed by atoms with E-state index in [1.54, 1.807) is 0 Å². The highest BCUT2D eigenvalue weighted by atomic mass is 16.2. The molecule has 2 aliphatic heterocycles. The predicted octanol–water partition coefficient (Wildman–Crippen LogP) is 2.85. The van der Waals surface area contributed by atoms with Crippen LogP contribution in [0.2, 0.25) is 0 Å². The van der Waals surface area contributed by atoms with Crippen LogP contribution in [-0.4, -0.2) is 22.8 Å². The van der Waals surface area contributed by atoms with Gasteiger partial charge in [0.15, 0.2) is 0 Å². The van der Waals surface area contributed by atoms with Gasteiger partial charge in [0.1, 0.15) is 17.9 Å². The van der Waals surface area contributed by atoms with Gasteiger partial charge in [-0.3, -0.25) is 4.79 Å². The third kappa shape index (κ3) is 2.15. The molecule has 0 aromatic heterocycles. The highest BCUT2D eigenvalue weighted by Gasteiger charge is 2.45. The van der Waals surface area contributed by atoms with Gasteiger partial charge in [0.05, 0.1) is 6.04 Å². The second-order valence-electron chi connectivity index (χ2n) is 5.86. The molecule has 1 aromatic carbocycles. The average molecular weight is 283 g/mol. The number of carbonyl (C=O) groups excluding carboxylic acids is 1. The molecule has 0 saturated heterocycles. The van der Waals surface area contributed by atoms with Crippen molar-refractivity contribution in [2.24, 2.45) is 10.9 Å². The number of fused-ring (bicyclic) bond motifs is 1. The summed E-state index contributed by atoms with van der Waals surface area (Å²) in [5.74, 6) is 0.598. The van der Waals surface area contributed by atoms with Crippen LogP contribution in [0.5, 0.6) is 0 Å². The minimum Gasteiger partial charge on any atom is -0.346 e. The Morgan fingerprint density at radius 3 is 2.52 bits per heavy atom. The molecular weight excluding hydrogens is 262 g/mol. The number of allylic oxidation sites excluding steroid dienone is 1. The molecule has 1 amide bonds. The van der Waals surface area contributed by atoms with Crippen LogP contribution in [0.1, 0.15) is 39.3 Å². The Hall–Kier alpha value is -2.10. The zero-order valence-corrected chi connectivity index (χ0v) is 12.9. The SMILES string of the molecule is CC1=NC2C(C(=O)N1)C(C)=C(C)N2C(C)c1ccccc1. The van der Waals surface area contributed by atoms with E-state index in [1.807, 2.05) is 32.0 Å². The first-order valence-electron chi connectivity index (χ1n) is 7.36. The van der Waals surface area contributed by atoms with Gasteiger partial charge in [0.25, 0.3) is 0 Å². The molecule has 3 rings (SSSR count).